The number of carbonyl (C=O) groups is 1. The molecule has 172 valence electrons. The molecule has 3 heterocycles. The lowest BCUT2D eigenvalue weighted by molar-refractivity contribution is 0.180. The monoisotopic (exact) mass is 467 g/mol. The maximum atomic E-state index is 13.8. The molecule has 1 aliphatic carbocycles. The van der Waals surface area contributed by atoms with Crippen molar-refractivity contribution in [2.75, 3.05) is 0 Å². The number of benzene rings is 2. The van der Waals surface area contributed by atoms with E-state index in [0.717, 1.165) is 29.7 Å². The zero-order chi connectivity index (χ0) is 23.1. The molecule has 2 aromatic heterocycles. The van der Waals surface area contributed by atoms with Gasteiger partial charge in [-0.05, 0) is 61.4 Å². The Bertz CT molecular complexity index is 1340. The van der Waals surface area contributed by atoms with Gasteiger partial charge in [-0.3, -0.25) is 0 Å². The Balaban J connectivity index is 1.45. The smallest absolute Gasteiger partial charge is 0.318 e. The molecule has 0 bridgehead atoms. The molecule has 1 aliphatic heterocycles. The Hall–Kier alpha value is -3.31. The van der Waals surface area contributed by atoms with Crippen molar-refractivity contribution < 1.29 is 4.79 Å². The first-order valence-electron chi connectivity index (χ1n) is 12.1. The van der Waals surface area contributed by atoms with Gasteiger partial charge in [-0.2, -0.15) is 0 Å². The molecule has 0 spiro atoms. The summed E-state index contributed by atoms with van der Waals surface area (Å²) in [6.07, 6.45) is 6.94. The van der Waals surface area contributed by atoms with Crippen LogP contribution >= 0.6 is 11.3 Å². The number of amides is 2. The topological polar surface area (TPSA) is 37.3 Å². The van der Waals surface area contributed by atoms with Crippen LogP contribution in [0.15, 0.2) is 72.9 Å². The molecule has 0 saturated carbocycles. The maximum Gasteiger partial charge on any atom is 0.318 e. The number of aryl methyl sites for hydroxylation is 2. The predicted molar refractivity (Wildman–Crippen MR) is 138 cm³/mol. The van der Waals surface area contributed by atoms with E-state index in [9.17, 15) is 4.79 Å². The third-order valence-corrected chi connectivity index (χ3v) is 8.42. The maximum absolute atomic E-state index is 13.8. The lowest BCUT2D eigenvalue weighted by Gasteiger charge is -2.31. The summed E-state index contributed by atoms with van der Waals surface area (Å²) in [6, 6.07) is 22.9. The molecule has 4 aromatic rings. The predicted octanol–water partition coefficient (Wildman–Crippen LogP) is 6.54. The molecule has 1 atom stereocenters. The van der Waals surface area contributed by atoms with Crippen molar-refractivity contribution in [2.24, 2.45) is 0 Å². The number of fused-ring (bicyclic) bond motifs is 5. The number of nitrogens with zero attached hydrogens (tertiary/aromatic N) is 2. The van der Waals surface area contributed by atoms with Crippen LogP contribution in [-0.4, -0.2) is 15.5 Å². The number of hydrogen-bond acceptors (Lipinski definition) is 2. The number of urea groups is 1. The second-order valence-electron chi connectivity index (χ2n) is 9.39. The van der Waals surface area contributed by atoms with Crippen LogP contribution in [0.1, 0.15) is 57.3 Å². The van der Waals surface area contributed by atoms with Crippen LogP contribution in [0.2, 0.25) is 0 Å². The van der Waals surface area contributed by atoms with Gasteiger partial charge in [0.05, 0.1) is 18.3 Å². The van der Waals surface area contributed by atoms with E-state index in [1.807, 2.05) is 29.5 Å². The van der Waals surface area contributed by atoms with Crippen molar-refractivity contribution >= 4 is 17.4 Å². The minimum absolute atomic E-state index is 0.0216. The molecule has 0 unspecified atom stereocenters. The summed E-state index contributed by atoms with van der Waals surface area (Å²) in [4.78, 5) is 17.4. The van der Waals surface area contributed by atoms with Crippen LogP contribution in [0.25, 0.3) is 5.00 Å². The van der Waals surface area contributed by atoms with Crippen molar-refractivity contribution in [1.82, 2.24) is 14.8 Å². The van der Waals surface area contributed by atoms with E-state index in [1.165, 1.54) is 39.4 Å². The van der Waals surface area contributed by atoms with Gasteiger partial charge in [-0.1, -0.05) is 60.2 Å². The van der Waals surface area contributed by atoms with Gasteiger partial charge in [-0.25, -0.2) is 4.79 Å². The van der Waals surface area contributed by atoms with Gasteiger partial charge in [0.15, 0.2) is 0 Å². The summed E-state index contributed by atoms with van der Waals surface area (Å²) in [5.74, 6) is 0. The van der Waals surface area contributed by atoms with Gasteiger partial charge in [0.1, 0.15) is 5.00 Å². The van der Waals surface area contributed by atoms with Crippen LogP contribution < -0.4 is 5.32 Å². The fourth-order valence-corrected chi connectivity index (χ4v) is 6.86. The third-order valence-electron chi connectivity index (χ3n) is 7.08. The van der Waals surface area contributed by atoms with Crippen LogP contribution in [-0.2, 0) is 25.9 Å². The Labute approximate surface area is 204 Å². The van der Waals surface area contributed by atoms with Gasteiger partial charge in [0.2, 0.25) is 0 Å². The SMILES string of the molecule is Cc1cccc([C@H]2c3cccn3-c3sc4c(c3CN2C(=O)NCc2ccccc2)CCCC4)c1. The molecule has 2 aliphatic rings. The average molecular weight is 468 g/mol. The second kappa shape index (κ2) is 8.80. The van der Waals surface area contributed by atoms with E-state index in [1.54, 1.807) is 0 Å². The van der Waals surface area contributed by atoms with Crippen molar-refractivity contribution in [3.05, 3.63) is 111 Å². The summed E-state index contributed by atoms with van der Waals surface area (Å²) >= 11 is 1.93. The minimum atomic E-state index is -0.149. The van der Waals surface area contributed by atoms with E-state index in [-0.39, 0.29) is 12.1 Å². The Kier molecular flexibility index (Phi) is 5.50. The van der Waals surface area contributed by atoms with Crippen molar-refractivity contribution in [3.8, 4) is 5.00 Å². The van der Waals surface area contributed by atoms with Crippen LogP contribution in [0.5, 0.6) is 0 Å². The van der Waals surface area contributed by atoms with E-state index >= 15 is 0 Å². The fraction of sp³-hybridized carbons (Fsp3) is 0.276. The Morgan fingerprint density at radius 3 is 2.71 bits per heavy atom. The zero-order valence-electron chi connectivity index (χ0n) is 19.5. The van der Waals surface area contributed by atoms with E-state index in [2.05, 4.69) is 76.4 Å². The molecule has 2 amide bonds. The Morgan fingerprint density at radius 2 is 1.85 bits per heavy atom. The largest absolute Gasteiger partial charge is 0.334 e. The average Bonchev–Trinajstić information content (AvgIpc) is 3.45. The summed E-state index contributed by atoms with van der Waals surface area (Å²) in [5.41, 5.74) is 7.43. The van der Waals surface area contributed by atoms with Gasteiger partial charge < -0.3 is 14.8 Å². The number of nitrogens with one attached hydrogen (secondary N) is 1. The standard InChI is InChI=1S/C29H29N3OS/c1-20-9-7-12-22(17-20)27-25-14-8-16-31(25)28-24(23-13-5-6-15-26(23)34-28)19-32(27)29(33)30-18-21-10-3-2-4-11-21/h2-4,7-12,14,16-17,27H,5-6,13,15,18-19H2,1H3,(H,30,33)/t27-/m0/s1. The minimum Gasteiger partial charge on any atom is -0.334 e. The lowest BCUT2D eigenvalue weighted by atomic mass is 9.95. The highest BCUT2D eigenvalue weighted by atomic mass is 32.1. The molecular weight excluding hydrogens is 438 g/mol. The quantitative estimate of drug-likeness (QED) is 0.365. The molecule has 34 heavy (non-hydrogen) atoms. The molecule has 0 saturated heterocycles. The molecule has 6 rings (SSSR count). The molecule has 4 nitrogen and oxygen atoms in total. The highest BCUT2D eigenvalue weighted by Gasteiger charge is 2.36. The first-order chi connectivity index (χ1) is 16.7. The lowest BCUT2D eigenvalue weighted by Crippen LogP contribution is -2.41. The number of thiophene rings is 1. The van der Waals surface area contributed by atoms with Crippen LogP contribution in [0.4, 0.5) is 4.79 Å². The number of carbonyl (C=O) groups excluding carboxylic acids is 1. The van der Waals surface area contributed by atoms with Gasteiger partial charge in [0.25, 0.3) is 0 Å². The number of rotatable bonds is 3. The second-order valence-corrected chi connectivity index (χ2v) is 10.5. The molecule has 2 aromatic carbocycles. The first-order valence-corrected chi connectivity index (χ1v) is 13.0. The molecule has 0 radical (unpaired) electrons. The van der Waals surface area contributed by atoms with Crippen LogP contribution in [0.3, 0.4) is 0 Å². The zero-order valence-corrected chi connectivity index (χ0v) is 20.3. The number of hydrogen-bond donors (Lipinski definition) is 1. The summed E-state index contributed by atoms with van der Waals surface area (Å²) in [6.45, 7) is 3.26. The van der Waals surface area contributed by atoms with Crippen molar-refractivity contribution in [3.63, 3.8) is 0 Å². The third kappa shape index (κ3) is 3.74. The van der Waals surface area contributed by atoms with E-state index in [0.29, 0.717) is 13.1 Å². The summed E-state index contributed by atoms with van der Waals surface area (Å²) in [7, 11) is 0. The van der Waals surface area contributed by atoms with Gasteiger partial charge in [0, 0.05) is 23.2 Å². The normalized spacial score (nSPS) is 16.9. The van der Waals surface area contributed by atoms with Crippen molar-refractivity contribution in [2.45, 2.75) is 51.7 Å². The van der Waals surface area contributed by atoms with E-state index < -0.39 is 0 Å². The van der Waals surface area contributed by atoms with E-state index in [4.69, 9.17) is 0 Å². The number of aromatic nitrogens is 1. The fourth-order valence-electron chi connectivity index (χ4n) is 5.45. The molecule has 0 fully saturated rings. The van der Waals surface area contributed by atoms with Gasteiger partial charge >= 0.3 is 6.03 Å². The van der Waals surface area contributed by atoms with Crippen LogP contribution in [0, 0.1) is 6.92 Å². The highest BCUT2D eigenvalue weighted by Crippen LogP contribution is 2.44. The van der Waals surface area contributed by atoms with Gasteiger partial charge in [-0.15, -0.1) is 11.3 Å². The molecular formula is C29H29N3OS. The van der Waals surface area contributed by atoms with Crippen molar-refractivity contribution in [1.29, 1.82) is 0 Å². The Morgan fingerprint density at radius 1 is 1.00 bits per heavy atom. The summed E-state index contributed by atoms with van der Waals surface area (Å²) < 4.78 is 2.34. The first kappa shape index (κ1) is 21.2. The molecule has 1 N–H and O–H groups in total. The summed E-state index contributed by atoms with van der Waals surface area (Å²) in [5, 5.41) is 4.51. The highest BCUT2D eigenvalue weighted by molar-refractivity contribution is 7.15. The molecule has 5 heteroatoms.